The highest BCUT2D eigenvalue weighted by Crippen LogP contribution is 2.23. The monoisotopic (exact) mass is 192 g/mol. The zero-order valence-corrected chi connectivity index (χ0v) is 8.55. The summed E-state index contributed by atoms with van der Waals surface area (Å²) in [6.07, 6.45) is 3.63. The van der Waals surface area contributed by atoms with Gasteiger partial charge in [0.25, 0.3) is 0 Å². The van der Waals surface area contributed by atoms with Crippen LogP contribution in [-0.2, 0) is 4.79 Å². The van der Waals surface area contributed by atoms with Crippen LogP contribution >= 0.6 is 0 Å². The van der Waals surface area contributed by atoms with Crippen molar-refractivity contribution in [2.75, 3.05) is 0 Å². The van der Waals surface area contributed by atoms with E-state index in [4.69, 9.17) is 5.26 Å². The van der Waals surface area contributed by atoms with Gasteiger partial charge < -0.3 is 5.32 Å². The van der Waals surface area contributed by atoms with E-state index in [0.29, 0.717) is 5.57 Å². The SMILES string of the molecule is C=C(C)C(=O)NC1CCC(C#N)CC1. The molecule has 1 fully saturated rings. The van der Waals surface area contributed by atoms with Gasteiger partial charge in [0.15, 0.2) is 0 Å². The van der Waals surface area contributed by atoms with E-state index in [9.17, 15) is 4.79 Å². The fourth-order valence-electron chi connectivity index (χ4n) is 1.68. The third-order valence-corrected chi connectivity index (χ3v) is 2.63. The van der Waals surface area contributed by atoms with Gasteiger partial charge in [-0.15, -0.1) is 0 Å². The molecule has 1 aliphatic carbocycles. The van der Waals surface area contributed by atoms with Crippen molar-refractivity contribution in [1.29, 1.82) is 5.26 Å². The van der Waals surface area contributed by atoms with Crippen molar-refractivity contribution in [3.05, 3.63) is 12.2 Å². The van der Waals surface area contributed by atoms with Crippen molar-refractivity contribution in [3.63, 3.8) is 0 Å². The molecule has 1 amide bonds. The summed E-state index contributed by atoms with van der Waals surface area (Å²) in [6, 6.07) is 2.51. The highest BCUT2D eigenvalue weighted by Gasteiger charge is 2.21. The van der Waals surface area contributed by atoms with E-state index in [1.54, 1.807) is 6.92 Å². The number of nitrogens with zero attached hydrogens (tertiary/aromatic N) is 1. The lowest BCUT2D eigenvalue weighted by Crippen LogP contribution is -2.37. The normalized spacial score (nSPS) is 26.3. The van der Waals surface area contributed by atoms with Gasteiger partial charge in [0, 0.05) is 17.5 Å². The van der Waals surface area contributed by atoms with Crippen LogP contribution in [0.25, 0.3) is 0 Å². The Bertz CT molecular complexity index is 270. The Morgan fingerprint density at radius 3 is 2.43 bits per heavy atom. The van der Waals surface area contributed by atoms with Gasteiger partial charge >= 0.3 is 0 Å². The predicted molar refractivity (Wildman–Crippen MR) is 54.3 cm³/mol. The first-order valence-electron chi connectivity index (χ1n) is 4.99. The highest BCUT2D eigenvalue weighted by molar-refractivity contribution is 5.92. The Morgan fingerprint density at radius 2 is 2.00 bits per heavy atom. The average molecular weight is 192 g/mol. The standard InChI is InChI=1S/C11H16N2O/c1-8(2)11(14)13-10-5-3-9(7-12)4-6-10/h9-10H,1,3-6H2,2H3,(H,13,14). The molecule has 0 aliphatic heterocycles. The lowest BCUT2D eigenvalue weighted by Gasteiger charge is -2.25. The summed E-state index contributed by atoms with van der Waals surface area (Å²) < 4.78 is 0. The molecule has 0 bridgehead atoms. The first kappa shape index (κ1) is 10.8. The maximum Gasteiger partial charge on any atom is 0.246 e. The summed E-state index contributed by atoms with van der Waals surface area (Å²) in [6.45, 7) is 5.29. The number of hydrogen-bond donors (Lipinski definition) is 1. The number of rotatable bonds is 2. The molecule has 0 spiro atoms. The summed E-state index contributed by atoms with van der Waals surface area (Å²) in [4.78, 5) is 11.3. The summed E-state index contributed by atoms with van der Waals surface area (Å²) in [7, 11) is 0. The Kier molecular flexibility index (Phi) is 3.70. The molecule has 0 unspecified atom stereocenters. The summed E-state index contributed by atoms with van der Waals surface area (Å²) in [5.41, 5.74) is 0.549. The topological polar surface area (TPSA) is 52.9 Å². The minimum Gasteiger partial charge on any atom is -0.350 e. The molecule has 0 heterocycles. The molecule has 1 saturated carbocycles. The molecule has 0 aromatic rings. The highest BCUT2D eigenvalue weighted by atomic mass is 16.1. The van der Waals surface area contributed by atoms with E-state index >= 15 is 0 Å². The molecule has 76 valence electrons. The van der Waals surface area contributed by atoms with E-state index in [1.165, 1.54) is 0 Å². The van der Waals surface area contributed by atoms with Crippen LogP contribution in [0.5, 0.6) is 0 Å². The van der Waals surface area contributed by atoms with Gasteiger partial charge in [-0.2, -0.15) is 5.26 Å². The van der Waals surface area contributed by atoms with Gasteiger partial charge in [0.1, 0.15) is 0 Å². The van der Waals surface area contributed by atoms with Crippen LogP contribution in [0.2, 0.25) is 0 Å². The quantitative estimate of drug-likeness (QED) is 0.678. The second kappa shape index (κ2) is 4.80. The second-order valence-electron chi connectivity index (χ2n) is 3.93. The molecule has 0 radical (unpaired) electrons. The first-order chi connectivity index (χ1) is 6.63. The van der Waals surface area contributed by atoms with Crippen LogP contribution < -0.4 is 5.32 Å². The Labute approximate surface area is 84.8 Å². The van der Waals surface area contributed by atoms with Crippen LogP contribution in [0.4, 0.5) is 0 Å². The van der Waals surface area contributed by atoms with Crippen LogP contribution in [0.1, 0.15) is 32.6 Å². The Morgan fingerprint density at radius 1 is 1.43 bits per heavy atom. The van der Waals surface area contributed by atoms with Crippen molar-refractivity contribution in [1.82, 2.24) is 5.32 Å². The third kappa shape index (κ3) is 2.88. The zero-order chi connectivity index (χ0) is 10.6. The van der Waals surface area contributed by atoms with Gasteiger partial charge in [0.2, 0.25) is 5.91 Å². The smallest absolute Gasteiger partial charge is 0.246 e. The number of nitriles is 1. The van der Waals surface area contributed by atoms with Crippen LogP contribution in [0.3, 0.4) is 0 Å². The number of hydrogen-bond acceptors (Lipinski definition) is 2. The van der Waals surface area contributed by atoms with Gasteiger partial charge in [-0.3, -0.25) is 4.79 Å². The first-order valence-corrected chi connectivity index (χ1v) is 4.99. The minimum atomic E-state index is -0.0644. The van der Waals surface area contributed by atoms with E-state index in [1.807, 2.05) is 0 Å². The summed E-state index contributed by atoms with van der Waals surface area (Å²) in [5, 5.41) is 11.6. The van der Waals surface area contributed by atoms with Crippen LogP contribution in [0.15, 0.2) is 12.2 Å². The van der Waals surface area contributed by atoms with Gasteiger partial charge in [-0.05, 0) is 32.6 Å². The summed E-state index contributed by atoms with van der Waals surface area (Å²) in [5.74, 6) is 0.124. The zero-order valence-electron chi connectivity index (χ0n) is 8.55. The maximum atomic E-state index is 11.3. The van der Waals surface area contributed by atoms with Crippen molar-refractivity contribution in [2.45, 2.75) is 38.6 Å². The van der Waals surface area contributed by atoms with E-state index in [2.05, 4.69) is 18.0 Å². The molecule has 1 N–H and O–H groups in total. The minimum absolute atomic E-state index is 0.0644. The van der Waals surface area contributed by atoms with E-state index in [-0.39, 0.29) is 17.9 Å². The molecule has 0 aromatic heterocycles. The van der Waals surface area contributed by atoms with E-state index in [0.717, 1.165) is 25.7 Å². The fourth-order valence-corrected chi connectivity index (χ4v) is 1.68. The number of carbonyl (C=O) groups is 1. The second-order valence-corrected chi connectivity index (χ2v) is 3.93. The molecule has 3 heteroatoms. The fraction of sp³-hybridized carbons (Fsp3) is 0.636. The number of nitrogens with one attached hydrogen (secondary N) is 1. The van der Waals surface area contributed by atoms with Crippen molar-refractivity contribution in [3.8, 4) is 6.07 Å². The molecule has 0 atom stereocenters. The number of amides is 1. The third-order valence-electron chi connectivity index (χ3n) is 2.63. The average Bonchev–Trinajstić information content (AvgIpc) is 2.19. The Hall–Kier alpha value is -1.30. The molecule has 14 heavy (non-hydrogen) atoms. The van der Waals surface area contributed by atoms with Gasteiger partial charge in [0.05, 0.1) is 6.07 Å². The molecule has 1 aliphatic rings. The molecule has 1 rings (SSSR count). The largest absolute Gasteiger partial charge is 0.350 e. The number of carbonyl (C=O) groups excluding carboxylic acids is 1. The molecule has 0 saturated heterocycles. The summed E-state index contributed by atoms with van der Waals surface area (Å²) >= 11 is 0. The van der Waals surface area contributed by atoms with Crippen molar-refractivity contribution < 1.29 is 4.79 Å². The van der Waals surface area contributed by atoms with Crippen molar-refractivity contribution in [2.24, 2.45) is 5.92 Å². The van der Waals surface area contributed by atoms with Crippen LogP contribution in [0, 0.1) is 17.2 Å². The van der Waals surface area contributed by atoms with Crippen LogP contribution in [-0.4, -0.2) is 11.9 Å². The lowest BCUT2D eigenvalue weighted by atomic mass is 9.87. The molecule has 3 nitrogen and oxygen atoms in total. The molecular weight excluding hydrogens is 176 g/mol. The van der Waals surface area contributed by atoms with E-state index < -0.39 is 0 Å². The lowest BCUT2D eigenvalue weighted by molar-refractivity contribution is -0.118. The van der Waals surface area contributed by atoms with Crippen molar-refractivity contribution >= 4 is 5.91 Å². The molecule has 0 aromatic carbocycles. The van der Waals surface area contributed by atoms with Gasteiger partial charge in [-0.25, -0.2) is 0 Å². The van der Waals surface area contributed by atoms with Gasteiger partial charge in [-0.1, -0.05) is 6.58 Å². The Balaban J connectivity index is 2.33. The molecular formula is C11H16N2O. The maximum absolute atomic E-state index is 11.3. The predicted octanol–water partition coefficient (Wildman–Crippen LogP) is 1.76.